The normalized spacial score (nSPS) is 22.3. The minimum Gasteiger partial charge on any atom is -0.379 e. The molecule has 0 spiro atoms. The van der Waals surface area contributed by atoms with Crippen LogP contribution in [0.1, 0.15) is 19.8 Å². The van der Waals surface area contributed by atoms with E-state index in [-0.39, 0.29) is 0 Å². The first-order valence-electron chi connectivity index (χ1n) is 4.01. The molecular formula is C8H14N2O. The lowest BCUT2D eigenvalue weighted by molar-refractivity contribution is 0.106. The highest BCUT2D eigenvalue weighted by Crippen LogP contribution is 2.37. The number of hydrogen-bond donors (Lipinski definition) is 1. The van der Waals surface area contributed by atoms with Crippen molar-refractivity contribution >= 4 is 0 Å². The monoisotopic (exact) mass is 154 g/mol. The summed E-state index contributed by atoms with van der Waals surface area (Å²) in [7, 11) is 0. The van der Waals surface area contributed by atoms with Crippen molar-refractivity contribution in [2.45, 2.75) is 25.3 Å². The second-order valence-corrected chi connectivity index (χ2v) is 3.06. The first-order chi connectivity index (χ1) is 5.23. The van der Waals surface area contributed by atoms with Crippen LogP contribution < -0.4 is 5.73 Å². The number of rotatable bonds is 4. The van der Waals surface area contributed by atoms with Gasteiger partial charge < -0.3 is 10.5 Å². The Kier molecular flexibility index (Phi) is 2.48. The molecule has 1 fully saturated rings. The molecule has 0 bridgehead atoms. The average Bonchev–Trinajstić information content (AvgIpc) is 2.82. The third-order valence-corrected chi connectivity index (χ3v) is 2.06. The number of ether oxygens (including phenoxy) is 1. The summed E-state index contributed by atoms with van der Waals surface area (Å²) < 4.78 is 5.14. The zero-order valence-corrected chi connectivity index (χ0v) is 6.84. The number of nitrogens with two attached hydrogens (primary N) is 1. The van der Waals surface area contributed by atoms with Gasteiger partial charge in [-0.15, -0.1) is 0 Å². The summed E-state index contributed by atoms with van der Waals surface area (Å²) in [6, 6.07) is 2.13. The van der Waals surface area contributed by atoms with E-state index < -0.39 is 5.54 Å². The van der Waals surface area contributed by atoms with Gasteiger partial charge in [0, 0.05) is 6.61 Å². The summed E-state index contributed by atoms with van der Waals surface area (Å²) >= 11 is 0. The predicted octanol–water partition coefficient (Wildman–Crippen LogP) is 0.654. The van der Waals surface area contributed by atoms with E-state index in [1.165, 1.54) is 0 Å². The molecule has 1 atom stereocenters. The molecule has 62 valence electrons. The molecule has 1 aliphatic rings. The number of hydrogen-bond acceptors (Lipinski definition) is 3. The average molecular weight is 154 g/mol. The van der Waals surface area contributed by atoms with Crippen molar-refractivity contribution in [1.82, 2.24) is 0 Å². The lowest BCUT2D eigenvalue weighted by Gasteiger charge is -2.19. The van der Waals surface area contributed by atoms with Gasteiger partial charge in [0.25, 0.3) is 0 Å². The Labute approximate surface area is 67.1 Å². The fourth-order valence-corrected chi connectivity index (χ4v) is 1.11. The van der Waals surface area contributed by atoms with Gasteiger partial charge in [-0.3, -0.25) is 0 Å². The summed E-state index contributed by atoms with van der Waals surface area (Å²) in [5, 5.41) is 8.77. The highest BCUT2D eigenvalue weighted by atomic mass is 16.5. The summed E-state index contributed by atoms with van der Waals surface area (Å²) in [5.41, 5.74) is 5.09. The molecule has 0 radical (unpaired) electrons. The van der Waals surface area contributed by atoms with E-state index in [1.54, 1.807) is 0 Å². The van der Waals surface area contributed by atoms with Gasteiger partial charge >= 0.3 is 0 Å². The number of nitrogens with zero attached hydrogens (tertiary/aromatic N) is 1. The van der Waals surface area contributed by atoms with Crippen molar-refractivity contribution < 1.29 is 4.74 Å². The zero-order valence-electron chi connectivity index (χ0n) is 6.84. The van der Waals surface area contributed by atoms with Crippen LogP contribution in [0.25, 0.3) is 0 Å². The second kappa shape index (κ2) is 3.21. The van der Waals surface area contributed by atoms with Gasteiger partial charge in [-0.1, -0.05) is 0 Å². The van der Waals surface area contributed by atoms with Crippen LogP contribution >= 0.6 is 0 Å². The van der Waals surface area contributed by atoms with Gasteiger partial charge in [0.2, 0.25) is 0 Å². The van der Waals surface area contributed by atoms with Crippen molar-refractivity contribution in [3.8, 4) is 6.07 Å². The topological polar surface area (TPSA) is 59.0 Å². The highest BCUT2D eigenvalue weighted by Gasteiger charge is 2.42. The lowest BCUT2D eigenvalue weighted by atomic mass is 9.98. The molecular weight excluding hydrogens is 140 g/mol. The van der Waals surface area contributed by atoms with Crippen LogP contribution in [0, 0.1) is 17.2 Å². The first-order valence-corrected chi connectivity index (χ1v) is 4.01. The second-order valence-electron chi connectivity index (χ2n) is 3.06. The van der Waals surface area contributed by atoms with Crippen LogP contribution in [0.3, 0.4) is 0 Å². The maximum Gasteiger partial charge on any atom is 0.130 e. The maximum absolute atomic E-state index is 8.77. The molecule has 3 heteroatoms. The first kappa shape index (κ1) is 8.51. The quantitative estimate of drug-likeness (QED) is 0.647. The lowest BCUT2D eigenvalue weighted by Crippen LogP contribution is -2.45. The minimum absolute atomic E-state index is 0.374. The van der Waals surface area contributed by atoms with Gasteiger partial charge in [0.15, 0.2) is 0 Å². The molecule has 0 saturated heterocycles. The SMILES string of the molecule is CCOCC(N)(C#N)C1CC1. The molecule has 0 heterocycles. The fraction of sp³-hybridized carbons (Fsp3) is 0.875. The van der Waals surface area contributed by atoms with E-state index in [0.29, 0.717) is 19.1 Å². The van der Waals surface area contributed by atoms with E-state index in [9.17, 15) is 0 Å². The van der Waals surface area contributed by atoms with Crippen molar-refractivity contribution in [3.63, 3.8) is 0 Å². The van der Waals surface area contributed by atoms with Gasteiger partial charge in [-0.2, -0.15) is 5.26 Å². The van der Waals surface area contributed by atoms with Gasteiger partial charge in [0.05, 0.1) is 12.7 Å². The Morgan fingerprint density at radius 1 is 1.73 bits per heavy atom. The third-order valence-electron chi connectivity index (χ3n) is 2.06. The van der Waals surface area contributed by atoms with E-state index in [4.69, 9.17) is 15.7 Å². The van der Waals surface area contributed by atoms with Crippen molar-refractivity contribution in [2.24, 2.45) is 11.7 Å². The standard InChI is InChI=1S/C8H14N2O/c1-2-11-6-8(10,5-9)7-3-4-7/h7H,2-4,6,10H2,1H3. The highest BCUT2D eigenvalue weighted by molar-refractivity contribution is 5.13. The molecule has 0 aromatic rings. The molecule has 2 N–H and O–H groups in total. The Morgan fingerprint density at radius 2 is 2.36 bits per heavy atom. The van der Waals surface area contributed by atoms with E-state index in [0.717, 1.165) is 12.8 Å². The Hall–Kier alpha value is -0.590. The smallest absolute Gasteiger partial charge is 0.130 e. The van der Waals surface area contributed by atoms with Crippen LogP contribution in [-0.2, 0) is 4.74 Å². The fourth-order valence-electron chi connectivity index (χ4n) is 1.11. The van der Waals surface area contributed by atoms with Crippen LogP contribution in [-0.4, -0.2) is 18.8 Å². The van der Waals surface area contributed by atoms with Crippen molar-refractivity contribution in [1.29, 1.82) is 5.26 Å². The van der Waals surface area contributed by atoms with Gasteiger partial charge in [0.1, 0.15) is 5.54 Å². The summed E-state index contributed by atoms with van der Waals surface area (Å²) in [6.07, 6.45) is 2.16. The molecule has 1 saturated carbocycles. The Morgan fingerprint density at radius 3 is 2.73 bits per heavy atom. The zero-order chi connectivity index (χ0) is 8.32. The third kappa shape index (κ3) is 1.92. The molecule has 1 rings (SSSR count). The molecule has 0 amide bonds. The molecule has 0 aromatic carbocycles. The molecule has 11 heavy (non-hydrogen) atoms. The molecule has 0 aliphatic heterocycles. The largest absolute Gasteiger partial charge is 0.379 e. The predicted molar refractivity (Wildman–Crippen MR) is 41.7 cm³/mol. The van der Waals surface area contributed by atoms with E-state index >= 15 is 0 Å². The summed E-state index contributed by atoms with van der Waals surface area (Å²) in [5.74, 6) is 0.374. The Balaban J connectivity index is 2.40. The number of nitriles is 1. The summed E-state index contributed by atoms with van der Waals surface area (Å²) in [4.78, 5) is 0. The molecule has 1 unspecified atom stereocenters. The van der Waals surface area contributed by atoms with Crippen LogP contribution in [0.15, 0.2) is 0 Å². The van der Waals surface area contributed by atoms with Crippen LogP contribution in [0.5, 0.6) is 0 Å². The van der Waals surface area contributed by atoms with Crippen LogP contribution in [0.4, 0.5) is 0 Å². The van der Waals surface area contributed by atoms with Gasteiger partial charge in [-0.05, 0) is 25.7 Å². The maximum atomic E-state index is 8.77. The van der Waals surface area contributed by atoms with Crippen LogP contribution in [0.2, 0.25) is 0 Å². The van der Waals surface area contributed by atoms with Gasteiger partial charge in [-0.25, -0.2) is 0 Å². The molecule has 1 aliphatic carbocycles. The van der Waals surface area contributed by atoms with Crippen molar-refractivity contribution in [2.75, 3.05) is 13.2 Å². The van der Waals surface area contributed by atoms with E-state index in [2.05, 4.69) is 6.07 Å². The Bertz CT molecular complexity index is 171. The van der Waals surface area contributed by atoms with E-state index in [1.807, 2.05) is 6.92 Å². The van der Waals surface area contributed by atoms with Crippen molar-refractivity contribution in [3.05, 3.63) is 0 Å². The molecule has 3 nitrogen and oxygen atoms in total. The molecule has 0 aromatic heterocycles. The summed E-state index contributed by atoms with van der Waals surface area (Å²) in [6.45, 7) is 2.92. The minimum atomic E-state index is -0.712.